The summed E-state index contributed by atoms with van der Waals surface area (Å²) in [5, 5.41) is 11.1. The van der Waals surface area contributed by atoms with Crippen LogP contribution in [-0.2, 0) is 5.60 Å². The van der Waals surface area contributed by atoms with Crippen LogP contribution in [0.25, 0.3) is 0 Å². The van der Waals surface area contributed by atoms with Gasteiger partial charge in [0.15, 0.2) is 0 Å². The molecule has 5 heteroatoms. The van der Waals surface area contributed by atoms with Crippen LogP contribution < -0.4 is 9.47 Å². The molecule has 5 nitrogen and oxygen atoms in total. The number of methoxy groups -OCH3 is 2. The molecule has 20 heavy (non-hydrogen) atoms. The summed E-state index contributed by atoms with van der Waals surface area (Å²) in [7, 11) is 3.05. The van der Waals surface area contributed by atoms with E-state index in [-0.39, 0.29) is 0 Å². The molecule has 114 valence electrons. The Hall–Kier alpha value is -1.36. The van der Waals surface area contributed by atoms with Gasteiger partial charge in [-0.05, 0) is 24.7 Å². The highest BCUT2D eigenvalue weighted by molar-refractivity contribution is 5.28. The van der Waals surface area contributed by atoms with E-state index in [9.17, 15) is 5.11 Å². The third kappa shape index (κ3) is 4.07. The van der Waals surface area contributed by atoms with Crippen molar-refractivity contribution in [3.63, 3.8) is 0 Å². The van der Waals surface area contributed by atoms with Crippen LogP contribution in [0, 0.1) is 11.8 Å². The maximum Gasteiger partial charge on any atom is 0.241 e. The van der Waals surface area contributed by atoms with Gasteiger partial charge in [0.1, 0.15) is 11.3 Å². The zero-order valence-electron chi connectivity index (χ0n) is 13.3. The molecule has 1 heterocycles. The summed E-state index contributed by atoms with van der Waals surface area (Å²) in [6.07, 6.45) is 2.74. The van der Waals surface area contributed by atoms with E-state index in [0.717, 1.165) is 0 Å². The summed E-state index contributed by atoms with van der Waals surface area (Å²) in [4.78, 5) is 8.56. The maximum absolute atomic E-state index is 11.1. The van der Waals surface area contributed by atoms with E-state index in [4.69, 9.17) is 9.47 Å². The molecule has 0 radical (unpaired) electrons. The SMILES string of the molecule is COc1cnc(C(O)(CC(C)C)CC(C)C)c(OC)n1. The Morgan fingerprint density at radius 3 is 2.05 bits per heavy atom. The zero-order valence-corrected chi connectivity index (χ0v) is 13.3. The number of rotatable bonds is 7. The molecular formula is C15H26N2O3. The molecule has 0 aliphatic heterocycles. The Morgan fingerprint density at radius 1 is 1.10 bits per heavy atom. The minimum Gasteiger partial charge on any atom is -0.480 e. The van der Waals surface area contributed by atoms with E-state index in [0.29, 0.717) is 42.1 Å². The lowest BCUT2D eigenvalue weighted by molar-refractivity contribution is -0.0112. The highest BCUT2D eigenvalue weighted by Crippen LogP contribution is 2.38. The number of hydrogen-bond donors (Lipinski definition) is 1. The molecule has 1 N–H and O–H groups in total. The second-order valence-electron chi connectivity index (χ2n) is 6.00. The fraction of sp³-hybridized carbons (Fsp3) is 0.733. The first-order valence-corrected chi connectivity index (χ1v) is 7.00. The molecule has 0 saturated carbocycles. The first-order valence-electron chi connectivity index (χ1n) is 7.00. The van der Waals surface area contributed by atoms with Crippen molar-refractivity contribution in [3.8, 4) is 11.8 Å². The third-order valence-corrected chi connectivity index (χ3v) is 3.05. The van der Waals surface area contributed by atoms with Gasteiger partial charge in [-0.15, -0.1) is 0 Å². The molecule has 0 aliphatic rings. The molecule has 1 rings (SSSR count). The normalized spacial score (nSPS) is 12.1. The largest absolute Gasteiger partial charge is 0.480 e. The second-order valence-corrected chi connectivity index (χ2v) is 6.00. The average Bonchev–Trinajstić information content (AvgIpc) is 2.35. The predicted molar refractivity (Wildman–Crippen MR) is 77.9 cm³/mol. The molecule has 0 unspecified atom stereocenters. The Labute approximate surface area is 121 Å². The summed E-state index contributed by atoms with van der Waals surface area (Å²) in [5.41, 5.74) is -0.546. The molecular weight excluding hydrogens is 256 g/mol. The van der Waals surface area contributed by atoms with E-state index in [1.165, 1.54) is 20.4 Å². The quantitative estimate of drug-likeness (QED) is 0.833. The summed E-state index contributed by atoms with van der Waals surface area (Å²) < 4.78 is 10.3. The fourth-order valence-electron chi connectivity index (χ4n) is 2.54. The van der Waals surface area contributed by atoms with Crippen LogP contribution in [0.1, 0.15) is 46.2 Å². The van der Waals surface area contributed by atoms with Crippen molar-refractivity contribution in [1.29, 1.82) is 0 Å². The second kappa shape index (κ2) is 6.88. The number of nitrogens with zero attached hydrogens (tertiary/aromatic N) is 2. The van der Waals surface area contributed by atoms with E-state index in [1.54, 1.807) is 0 Å². The van der Waals surface area contributed by atoms with E-state index in [1.807, 2.05) is 0 Å². The van der Waals surface area contributed by atoms with Gasteiger partial charge in [-0.25, -0.2) is 4.98 Å². The average molecular weight is 282 g/mol. The Bertz CT molecular complexity index is 423. The van der Waals surface area contributed by atoms with E-state index < -0.39 is 5.60 Å². The lowest BCUT2D eigenvalue weighted by Gasteiger charge is -2.31. The highest BCUT2D eigenvalue weighted by atomic mass is 16.5. The Morgan fingerprint density at radius 2 is 1.65 bits per heavy atom. The molecule has 0 aromatic carbocycles. The predicted octanol–water partition coefficient (Wildman–Crippen LogP) is 2.77. The van der Waals surface area contributed by atoms with Gasteiger partial charge in [0, 0.05) is 0 Å². The maximum atomic E-state index is 11.1. The van der Waals surface area contributed by atoms with Gasteiger partial charge in [-0.3, -0.25) is 0 Å². The van der Waals surface area contributed by atoms with Crippen molar-refractivity contribution >= 4 is 0 Å². The van der Waals surface area contributed by atoms with Gasteiger partial charge >= 0.3 is 0 Å². The summed E-state index contributed by atoms with van der Waals surface area (Å²) >= 11 is 0. The van der Waals surface area contributed by atoms with Gasteiger partial charge in [0.25, 0.3) is 0 Å². The highest BCUT2D eigenvalue weighted by Gasteiger charge is 2.36. The topological polar surface area (TPSA) is 64.5 Å². The number of hydrogen-bond acceptors (Lipinski definition) is 5. The van der Waals surface area contributed by atoms with Crippen molar-refractivity contribution in [2.45, 2.75) is 46.1 Å². The molecule has 1 aromatic rings. The molecule has 1 aromatic heterocycles. The number of aliphatic hydroxyl groups is 1. The summed E-state index contributed by atoms with van der Waals surface area (Å²) in [6.45, 7) is 8.31. The van der Waals surface area contributed by atoms with Gasteiger partial charge in [0.05, 0.1) is 20.4 Å². The molecule has 0 spiro atoms. The van der Waals surface area contributed by atoms with Crippen molar-refractivity contribution in [1.82, 2.24) is 9.97 Å². The minimum absolute atomic E-state index is 0.327. The summed E-state index contributed by atoms with van der Waals surface area (Å²) in [6, 6.07) is 0. The van der Waals surface area contributed by atoms with Gasteiger partial charge in [-0.2, -0.15) is 4.98 Å². The van der Waals surface area contributed by atoms with Crippen molar-refractivity contribution in [2.24, 2.45) is 11.8 Å². The van der Waals surface area contributed by atoms with Gasteiger partial charge in [0.2, 0.25) is 11.8 Å². The van der Waals surface area contributed by atoms with Crippen molar-refractivity contribution in [3.05, 3.63) is 11.9 Å². The van der Waals surface area contributed by atoms with Crippen LogP contribution in [0.15, 0.2) is 6.20 Å². The van der Waals surface area contributed by atoms with Crippen LogP contribution in [0.3, 0.4) is 0 Å². The zero-order chi connectivity index (χ0) is 15.3. The smallest absolute Gasteiger partial charge is 0.241 e. The molecule has 0 saturated heterocycles. The van der Waals surface area contributed by atoms with Crippen LogP contribution in [0.2, 0.25) is 0 Å². The van der Waals surface area contributed by atoms with Crippen LogP contribution in [-0.4, -0.2) is 29.3 Å². The minimum atomic E-state index is -1.03. The first kappa shape index (κ1) is 16.7. The number of aromatic nitrogens is 2. The van der Waals surface area contributed by atoms with Gasteiger partial charge < -0.3 is 14.6 Å². The lowest BCUT2D eigenvalue weighted by Crippen LogP contribution is -2.31. The van der Waals surface area contributed by atoms with Crippen molar-refractivity contribution < 1.29 is 14.6 Å². The number of ether oxygens (including phenoxy) is 2. The van der Waals surface area contributed by atoms with Gasteiger partial charge in [-0.1, -0.05) is 27.7 Å². The first-order chi connectivity index (χ1) is 9.32. The third-order valence-electron chi connectivity index (χ3n) is 3.05. The molecule has 0 amide bonds. The van der Waals surface area contributed by atoms with Crippen molar-refractivity contribution in [2.75, 3.05) is 14.2 Å². The standard InChI is InChI=1S/C15H26N2O3/c1-10(2)7-15(18,8-11(3)4)13-14(20-6)17-12(19-5)9-16-13/h9-11,18H,7-8H2,1-6H3. The monoisotopic (exact) mass is 282 g/mol. The van der Waals surface area contributed by atoms with E-state index in [2.05, 4.69) is 37.7 Å². The molecule has 0 atom stereocenters. The Balaban J connectivity index is 3.25. The summed E-state index contributed by atoms with van der Waals surface area (Å²) in [5.74, 6) is 1.38. The van der Waals surface area contributed by atoms with Crippen LogP contribution >= 0.6 is 0 Å². The molecule has 0 bridgehead atoms. The van der Waals surface area contributed by atoms with Crippen LogP contribution in [0.5, 0.6) is 11.8 Å². The Kier molecular flexibility index (Phi) is 5.74. The lowest BCUT2D eigenvalue weighted by atomic mass is 9.82. The van der Waals surface area contributed by atoms with E-state index >= 15 is 0 Å². The fourth-order valence-corrected chi connectivity index (χ4v) is 2.54. The molecule has 0 fully saturated rings. The van der Waals surface area contributed by atoms with Crippen LogP contribution in [0.4, 0.5) is 0 Å². The molecule has 0 aliphatic carbocycles.